The molecule has 206 valence electrons. The van der Waals surface area contributed by atoms with Gasteiger partial charge in [-0.25, -0.2) is 0 Å². The van der Waals surface area contributed by atoms with Crippen molar-refractivity contribution in [1.29, 1.82) is 0 Å². The number of nitrogens with two attached hydrogens (primary N) is 1. The van der Waals surface area contributed by atoms with Crippen LogP contribution in [-0.4, -0.2) is 103 Å². The fourth-order valence-corrected chi connectivity index (χ4v) is 4.02. The van der Waals surface area contributed by atoms with Crippen molar-refractivity contribution in [3.63, 3.8) is 0 Å². The lowest BCUT2D eigenvalue weighted by Crippen LogP contribution is -2.46. The zero-order valence-corrected chi connectivity index (χ0v) is 20.6. The van der Waals surface area contributed by atoms with Gasteiger partial charge < -0.3 is 58.2 Å². The van der Waals surface area contributed by atoms with Crippen molar-refractivity contribution in [2.45, 2.75) is 62.4 Å². The topological polar surface area (TPSA) is 207 Å². The molecule has 4 rings (SSSR count). The predicted octanol–water partition coefficient (Wildman–Crippen LogP) is -2.75. The molecular weight excluding hydrogens is 490 g/mol. The van der Waals surface area contributed by atoms with Gasteiger partial charge in [-0.15, -0.1) is 0 Å². The molecule has 3 aliphatic rings. The van der Waals surface area contributed by atoms with Gasteiger partial charge in [0, 0.05) is 24.0 Å². The molecule has 2 saturated heterocycles. The largest absolute Gasteiger partial charge is 0.394 e. The van der Waals surface area contributed by atoms with Crippen LogP contribution >= 0.6 is 0 Å². The summed E-state index contributed by atoms with van der Waals surface area (Å²) in [6.07, 6.45) is 0.666. The summed E-state index contributed by atoms with van der Waals surface area (Å²) >= 11 is 0. The van der Waals surface area contributed by atoms with Gasteiger partial charge in [0.15, 0.2) is 30.5 Å². The van der Waals surface area contributed by atoms with E-state index < -0.39 is 61.6 Å². The number of Topliss-reactive ketones (excluding diaryl/α,β-unsaturated/α-hetero) is 1. The number of ketones is 1. The van der Waals surface area contributed by atoms with Gasteiger partial charge in [0.2, 0.25) is 0 Å². The molecule has 1 aromatic heterocycles. The molecule has 4 heterocycles. The van der Waals surface area contributed by atoms with Crippen LogP contribution < -0.4 is 10.3 Å². The molecule has 0 radical (unpaired) electrons. The molecule has 2 unspecified atom stereocenters. The summed E-state index contributed by atoms with van der Waals surface area (Å²) in [7, 11) is 0. The molecule has 0 aromatic carbocycles. The maximum atomic E-state index is 11.3. The Bertz CT molecular complexity index is 1000. The molecule has 13 nitrogen and oxygen atoms in total. The summed E-state index contributed by atoms with van der Waals surface area (Å²) in [4.78, 5) is 23.9. The van der Waals surface area contributed by atoms with Crippen LogP contribution in [0.25, 0.3) is 0 Å². The van der Waals surface area contributed by atoms with Crippen LogP contribution in [0.2, 0.25) is 0 Å². The first-order chi connectivity index (χ1) is 17.1. The number of carbonyl (C=O) groups excluding carboxylic acids is 2. The average Bonchev–Trinajstić information content (AvgIpc) is 3.34. The number of ether oxygens (including phenoxy) is 2. The molecule has 2 fully saturated rings. The van der Waals surface area contributed by atoms with E-state index in [0.29, 0.717) is 12.0 Å². The Hall–Kier alpha value is -2.75. The van der Waals surface area contributed by atoms with Gasteiger partial charge in [0.25, 0.3) is 12.1 Å². The van der Waals surface area contributed by atoms with Gasteiger partial charge in [0.1, 0.15) is 36.1 Å². The van der Waals surface area contributed by atoms with Crippen molar-refractivity contribution in [3.8, 4) is 0 Å². The molecular formula is C24H35N3O10. The third kappa shape index (κ3) is 6.77. The third-order valence-electron chi connectivity index (χ3n) is 6.10. The van der Waals surface area contributed by atoms with E-state index in [1.165, 1.54) is 23.8 Å². The van der Waals surface area contributed by atoms with Crippen molar-refractivity contribution in [2.24, 2.45) is 5.73 Å². The number of allylic oxidation sites excluding steroid dienone is 2. The first kappa shape index (κ1) is 30.5. The third-order valence-corrected chi connectivity index (χ3v) is 6.10. The second-order valence-electron chi connectivity index (χ2n) is 8.61. The molecule has 8 N–H and O–H groups in total. The highest BCUT2D eigenvalue weighted by molar-refractivity contribution is 5.93. The van der Waals surface area contributed by atoms with Crippen LogP contribution in [-0.2, 0) is 14.3 Å². The van der Waals surface area contributed by atoms with Gasteiger partial charge >= 0.3 is 0 Å². The zero-order valence-electron chi connectivity index (χ0n) is 20.6. The molecule has 37 heavy (non-hydrogen) atoms. The quantitative estimate of drug-likeness (QED) is 0.150. The number of aliphatic hydroxyl groups is 6. The predicted molar refractivity (Wildman–Crippen MR) is 127 cm³/mol. The SMILES string of the molecule is CC(=O)C1=CN(C2O[C@H](CO)[C@@H](O)[C@H]2O)C=CC1.NC(=O)c1ccc[n+](C2O[C@H](CO)[C@@H](O)[C@H]2O)c1.[CH3-]. The minimum Gasteiger partial charge on any atom is -0.394 e. The number of amides is 1. The van der Waals surface area contributed by atoms with Gasteiger partial charge in [-0.3, -0.25) is 9.59 Å². The van der Waals surface area contributed by atoms with E-state index in [4.69, 9.17) is 25.4 Å². The molecule has 1 amide bonds. The van der Waals surface area contributed by atoms with Crippen LogP contribution in [0.4, 0.5) is 0 Å². The monoisotopic (exact) mass is 525 g/mol. The lowest BCUT2D eigenvalue weighted by Gasteiger charge is -2.28. The number of hydrogen-bond donors (Lipinski definition) is 7. The summed E-state index contributed by atoms with van der Waals surface area (Å²) in [5, 5.41) is 57.0. The fourth-order valence-electron chi connectivity index (χ4n) is 4.02. The van der Waals surface area contributed by atoms with E-state index in [-0.39, 0.29) is 25.4 Å². The minimum absolute atomic E-state index is 0. The highest BCUT2D eigenvalue weighted by Gasteiger charge is 2.48. The van der Waals surface area contributed by atoms with Gasteiger partial charge in [-0.1, -0.05) is 6.08 Å². The van der Waals surface area contributed by atoms with Crippen molar-refractivity contribution in [2.75, 3.05) is 13.2 Å². The van der Waals surface area contributed by atoms with Crippen LogP contribution in [0.3, 0.4) is 0 Å². The second kappa shape index (κ2) is 13.2. The Morgan fingerprint density at radius 1 is 1.05 bits per heavy atom. The van der Waals surface area contributed by atoms with Crippen LogP contribution in [0.5, 0.6) is 0 Å². The minimum atomic E-state index is -1.18. The molecule has 3 aliphatic heterocycles. The van der Waals surface area contributed by atoms with Crippen LogP contribution in [0, 0.1) is 7.43 Å². The lowest BCUT2D eigenvalue weighted by molar-refractivity contribution is -0.765. The number of rotatable bonds is 6. The van der Waals surface area contributed by atoms with E-state index in [0.717, 1.165) is 0 Å². The normalized spacial score (nSPS) is 32.7. The molecule has 8 atom stereocenters. The van der Waals surface area contributed by atoms with Crippen molar-refractivity contribution >= 4 is 11.7 Å². The number of hydrogen-bond acceptors (Lipinski definition) is 11. The number of primary amides is 1. The van der Waals surface area contributed by atoms with Crippen LogP contribution in [0.1, 0.15) is 29.9 Å². The molecule has 13 heteroatoms. The van der Waals surface area contributed by atoms with Crippen molar-refractivity contribution in [3.05, 3.63) is 61.6 Å². The standard InChI is InChI=1S/C12H17NO5.C11H14N2O5.CH3/c1-7(15)8-3-2-4-13(5-8)12-11(17)10(16)9(6-14)18-12;12-10(17)6-2-1-3-13(4-6)11-9(16)8(15)7(5-14)18-11;/h2,4-5,9-12,14,16-17H,3,6H2,1H3;1-4,7-9,11,14-16H,5H2,(H-,12,17);1H3/q;;-1/p+1/t9-,10-,11-,12?;7-,8-,9-,11?;/m11./s1. The first-order valence-corrected chi connectivity index (χ1v) is 11.3. The molecule has 0 spiro atoms. The summed E-state index contributed by atoms with van der Waals surface area (Å²) in [5.74, 6) is -0.646. The van der Waals surface area contributed by atoms with Crippen molar-refractivity contribution < 1.29 is 54.3 Å². The average molecular weight is 526 g/mol. The number of carbonyl (C=O) groups is 2. The zero-order chi connectivity index (χ0) is 26.6. The van der Waals surface area contributed by atoms with Gasteiger partial charge in [0.05, 0.1) is 13.2 Å². The lowest BCUT2D eigenvalue weighted by atomic mass is 10.1. The number of aromatic nitrogens is 1. The number of pyridine rings is 1. The Morgan fingerprint density at radius 3 is 2.22 bits per heavy atom. The van der Waals surface area contributed by atoms with E-state index in [9.17, 15) is 30.0 Å². The summed E-state index contributed by atoms with van der Waals surface area (Å²) < 4.78 is 12.1. The molecule has 0 aliphatic carbocycles. The van der Waals surface area contributed by atoms with E-state index in [1.807, 2.05) is 0 Å². The molecule has 0 bridgehead atoms. The Morgan fingerprint density at radius 2 is 1.68 bits per heavy atom. The van der Waals surface area contributed by atoms with Gasteiger partial charge in [-0.2, -0.15) is 4.57 Å². The fraction of sp³-hybridized carbons (Fsp3) is 0.500. The summed E-state index contributed by atoms with van der Waals surface area (Å²) in [6, 6.07) is 3.11. The highest BCUT2D eigenvalue weighted by Crippen LogP contribution is 2.27. The van der Waals surface area contributed by atoms with Crippen molar-refractivity contribution in [1.82, 2.24) is 4.90 Å². The smallest absolute Gasteiger partial charge is 0.292 e. The van der Waals surface area contributed by atoms with E-state index in [2.05, 4.69) is 0 Å². The molecule has 0 saturated carbocycles. The second-order valence-corrected chi connectivity index (χ2v) is 8.61. The summed E-state index contributed by atoms with van der Waals surface area (Å²) in [6.45, 7) is 0.709. The maximum Gasteiger partial charge on any atom is 0.292 e. The summed E-state index contributed by atoms with van der Waals surface area (Å²) in [5.41, 5.74) is 6.02. The number of nitrogens with zero attached hydrogens (tertiary/aromatic N) is 2. The molecule has 1 aromatic rings. The van der Waals surface area contributed by atoms with Crippen LogP contribution in [0.15, 0.2) is 48.6 Å². The van der Waals surface area contributed by atoms with Gasteiger partial charge in [-0.05, 0) is 19.4 Å². The Kier molecular flexibility index (Phi) is 10.8. The first-order valence-electron chi connectivity index (χ1n) is 11.3. The maximum absolute atomic E-state index is 11.3. The van der Waals surface area contributed by atoms with E-state index >= 15 is 0 Å². The Labute approximate surface area is 214 Å². The van der Waals surface area contributed by atoms with E-state index in [1.54, 1.807) is 35.6 Å². The highest BCUT2D eigenvalue weighted by atomic mass is 16.6. The Balaban J connectivity index is 0.000000253. The number of aliphatic hydroxyl groups excluding tert-OH is 6.